The first kappa shape index (κ1) is 31.3. The highest BCUT2D eigenvalue weighted by Crippen LogP contribution is 2.36. The Balaban J connectivity index is 1.49. The molecule has 1 aromatic heterocycles. The van der Waals surface area contributed by atoms with Crippen molar-refractivity contribution in [2.45, 2.75) is 109 Å². The van der Waals surface area contributed by atoms with Crippen molar-refractivity contribution < 1.29 is 32.1 Å². The number of hydrogen-bond acceptors (Lipinski definition) is 9. The molecule has 0 radical (unpaired) electrons. The van der Waals surface area contributed by atoms with E-state index in [0.29, 0.717) is 31.4 Å². The lowest BCUT2D eigenvalue weighted by Crippen LogP contribution is -2.50. The van der Waals surface area contributed by atoms with E-state index in [4.69, 9.17) is 14.0 Å². The van der Waals surface area contributed by atoms with Crippen LogP contribution in [0.25, 0.3) is 0 Å². The molecule has 218 valence electrons. The number of carbonyl (C=O) groups excluding carboxylic acids is 2. The fourth-order valence-electron chi connectivity index (χ4n) is 4.56. The van der Waals surface area contributed by atoms with E-state index < -0.39 is 45.9 Å². The highest BCUT2D eigenvalue weighted by molar-refractivity contribution is 7.91. The Morgan fingerprint density at radius 2 is 1.77 bits per heavy atom. The Labute approximate surface area is 232 Å². The third kappa shape index (κ3) is 8.14. The molecule has 2 fully saturated rings. The zero-order valence-electron chi connectivity index (χ0n) is 24.4. The van der Waals surface area contributed by atoms with Crippen LogP contribution >= 0.6 is 0 Å². The number of piperidine rings is 1. The number of sulfone groups is 1. The Kier molecular flexibility index (Phi) is 9.39. The molecule has 3 heterocycles. The minimum Gasteiger partial charge on any atom is -0.444 e. The molecule has 2 amide bonds. The summed E-state index contributed by atoms with van der Waals surface area (Å²) in [5.41, 5.74) is -1.12. The molecule has 2 saturated heterocycles. The highest BCUT2D eigenvalue weighted by atomic mass is 32.2. The van der Waals surface area contributed by atoms with E-state index in [2.05, 4.69) is 15.3 Å². The predicted molar refractivity (Wildman–Crippen MR) is 147 cm³/mol. The standard InChI is InChI=1S/C26H43BN4O7S/c1-18(30-23(33)36-24(2,3)4)21(32)31-13-9-11-19(17-31)12-10-14-39(34,35)22-28-15-20(16-29-22)27-37-25(5,6)26(7,8)38-27/h15-16,18-19H,9-14,17H2,1-8H3,(H,30,33)/t18-,19+/m0/s1. The molecule has 1 aromatic rings. The van der Waals surface area contributed by atoms with Gasteiger partial charge in [0.15, 0.2) is 0 Å². The van der Waals surface area contributed by atoms with Crippen molar-refractivity contribution in [3.05, 3.63) is 12.4 Å². The van der Waals surface area contributed by atoms with Gasteiger partial charge in [0.05, 0.1) is 17.0 Å². The fourth-order valence-corrected chi connectivity index (χ4v) is 5.72. The molecule has 0 unspecified atom stereocenters. The van der Waals surface area contributed by atoms with Crippen LogP contribution in [0.2, 0.25) is 0 Å². The number of aromatic nitrogens is 2. The van der Waals surface area contributed by atoms with E-state index in [-0.39, 0.29) is 22.7 Å². The molecule has 0 spiro atoms. The molecule has 0 saturated carbocycles. The number of likely N-dealkylation sites (tertiary alicyclic amines) is 1. The van der Waals surface area contributed by atoms with E-state index in [0.717, 1.165) is 12.8 Å². The van der Waals surface area contributed by atoms with Crippen LogP contribution < -0.4 is 10.8 Å². The first-order valence-corrected chi connectivity index (χ1v) is 15.2. The Morgan fingerprint density at radius 3 is 2.33 bits per heavy atom. The Bertz CT molecular complexity index is 1120. The van der Waals surface area contributed by atoms with Gasteiger partial charge in [-0.1, -0.05) is 0 Å². The normalized spacial score (nSPS) is 21.9. The molecule has 1 N–H and O–H groups in total. The first-order valence-electron chi connectivity index (χ1n) is 13.6. The minimum atomic E-state index is -3.66. The van der Waals surface area contributed by atoms with Crippen molar-refractivity contribution in [1.82, 2.24) is 20.2 Å². The van der Waals surface area contributed by atoms with Gasteiger partial charge in [-0.25, -0.2) is 23.2 Å². The second-order valence-corrected chi connectivity index (χ2v) is 14.5. The van der Waals surface area contributed by atoms with E-state index in [1.807, 2.05) is 27.7 Å². The lowest BCUT2D eigenvalue weighted by molar-refractivity contribution is -0.134. The fraction of sp³-hybridized carbons (Fsp3) is 0.769. The number of nitrogens with zero attached hydrogens (tertiary/aromatic N) is 3. The van der Waals surface area contributed by atoms with E-state index >= 15 is 0 Å². The van der Waals surface area contributed by atoms with Crippen LogP contribution in [0.5, 0.6) is 0 Å². The lowest BCUT2D eigenvalue weighted by Gasteiger charge is -2.34. The molecule has 2 aliphatic rings. The molecule has 2 atom stereocenters. The molecule has 0 bridgehead atoms. The molecule has 0 aliphatic carbocycles. The maximum Gasteiger partial charge on any atom is 0.498 e. The van der Waals surface area contributed by atoms with E-state index in [9.17, 15) is 18.0 Å². The smallest absolute Gasteiger partial charge is 0.444 e. The van der Waals surface area contributed by atoms with Gasteiger partial charge in [0.2, 0.25) is 20.9 Å². The summed E-state index contributed by atoms with van der Waals surface area (Å²) < 4.78 is 42.9. The quantitative estimate of drug-likeness (QED) is 0.372. The number of ether oxygens (including phenoxy) is 1. The summed E-state index contributed by atoms with van der Waals surface area (Å²) in [6, 6.07) is -0.712. The number of carbonyl (C=O) groups is 2. The van der Waals surface area contributed by atoms with Crippen LogP contribution in [0, 0.1) is 5.92 Å². The average Bonchev–Trinajstić information content (AvgIpc) is 3.04. The molecule has 39 heavy (non-hydrogen) atoms. The van der Waals surface area contributed by atoms with Crippen molar-refractivity contribution in [3.8, 4) is 0 Å². The number of amides is 2. The maximum atomic E-state index is 12.9. The van der Waals surface area contributed by atoms with Crippen LogP contribution in [0.4, 0.5) is 4.79 Å². The van der Waals surface area contributed by atoms with Gasteiger partial charge in [0.25, 0.3) is 0 Å². The third-order valence-corrected chi connectivity index (χ3v) is 9.00. The molecule has 11 nitrogen and oxygen atoms in total. The summed E-state index contributed by atoms with van der Waals surface area (Å²) in [6.07, 6.45) is 5.08. The van der Waals surface area contributed by atoms with Crippen LogP contribution in [0.1, 0.15) is 81.1 Å². The Hall–Kier alpha value is -2.25. The average molecular weight is 567 g/mol. The van der Waals surface area contributed by atoms with Gasteiger partial charge in [-0.05, 0) is 87.0 Å². The third-order valence-electron chi connectivity index (χ3n) is 7.41. The second kappa shape index (κ2) is 11.7. The summed E-state index contributed by atoms with van der Waals surface area (Å²) in [5.74, 6) is -0.0730. The van der Waals surface area contributed by atoms with Gasteiger partial charge in [0.1, 0.15) is 11.6 Å². The Morgan fingerprint density at radius 1 is 1.18 bits per heavy atom. The SMILES string of the molecule is C[C@H](NC(=O)OC(C)(C)C)C(=O)N1CCC[C@H](CCCS(=O)(=O)c2ncc(B3OC(C)(C)C(C)(C)O3)cn2)C1. The summed E-state index contributed by atoms with van der Waals surface area (Å²) in [6.45, 7) is 15.8. The highest BCUT2D eigenvalue weighted by Gasteiger charge is 2.52. The summed E-state index contributed by atoms with van der Waals surface area (Å²) in [4.78, 5) is 34.8. The number of rotatable bonds is 8. The van der Waals surface area contributed by atoms with Crippen molar-refractivity contribution in [2.75, 3.05) is 18.8 Å². The van der Waals surface area contributed by atoms with Crippen LogP contribution in [0.15, 0.2) is 17.6 Å². The van der Waals surface area contributed by atoms with Crippen molar-refractivity contribution in [3.63, 3.8) is 0 Å². The summed E-state index contributed by atoms with van der Waals surface area (Å²) in [5, 5.41) is 2.38. The zero-order valence-corrected chi connectivity index (χ0v) is 25.3. The van der Waals surface area contributed by atoms with Gasteiger partial charge >= 0.3 is 13.2 Å². The van der Waals surface area contributed by atoms with Crippen molar-refractivity contribution >= 4 is 34.4 Å². The van der Waals surface area contributed by atoms with Gasteiger partial charge in [-0.15, -0.1) is 0 Å². The summed E-state index contributed by atoms with van der Waals surface area (Å²) in [7, 11) is -4.33. The number of hydrogen-bond donors (Lipinski definition) is 1. The molecular weight excluding hydrogens is 523 g/mol. The second-order valence-electron chi connectivity index (χ2n) is 12.5. The van der Waals surface area contributed by atoms with Gasteiger partial charge in [-0.3, -0.25) is 4.79 Å². The molecular formula is C26H43BN4O7S. The van der Waals surface area contributed by atoms with Crippen LogP contribution in [-0.2, 0) is 28.7 Å². The van der Waals surface area contributed by atoms with E-state index in [1.165, 1.54) is 12.4 Å². The maximum absolute atomic E-state index is 12.9. The van der Waals surface area contributed by atoms with Crippen molar-refractivity contribution in [1.29, 1.82) is 0 Å². The van der Waals surface area contributed by atoms with Crippen LogP contribution in [-0.4, -0.2) is 84.1 Å². The minimum absolute atomic E-state index is 0.0795. The van der Waals surface area contributed by atoms with Gasteiger partial charge in [0, 0.05) is 30.9 Å². The molecule has 0 aromatic carbocycles. The molecule has 3 rings (SSSR count). The van der Waals surface area contributed by atoms with E-state index in [1.54, 1.807) is 32.6 Å². The number of nitrogens with one attached hydrogen (secondary N) is 1. The number of alkyl carbamates (subject to hydrolysis) is 1. The van der Waals surface area contributed by atoms with Gasteiger partial charge in [-0.2, -0.15) is 0 Å². The van der Waals surface area contributed by atoms with Crippen molar-refractivity contribution in [2.24, 2.45) is 5.92 Å². The molecule has 13 heteroatoms. The predicted octanol–water partition coefficient (Wildman–Crippen LogP) is 2.48. The largest absolute Gasteiger partial charge is 0.498 e. The van der Waals surface area contributed by atoms with Crippen LogP contribution in [0.3, 0.4) is 0 Å². The first-order chi connectivity index (χ1) is 17.9. The lowest BCUT2D eigenvalue weighted by atomic mass is 9.81. The van der Waals surface area contributed by atoms with Gasteiger partial charge < -0.3 is 24.3 Å². The summed E-state index contributed by atoms with van der Waals surface area (Å²) >= 11 is 0. The topological polar surface area (TPSA) is 137 Å². The zero-order chi connectivity index (χ0) is 29.2. The monoisotopic (exact) mass is 566 g/mol. The molecule has 2 aliphatic heterocycles.